The second-order valence-electron chi connectivity index (χ2n) is 11.6. The molecule has 0 fully saturated rings. The van der Waals surface area contributed by atoms with E-state index in [4.69, 9.17) is 18.3 Å². The molecule has 0 aliphatic rings. The Morgan fingerprint density at radius 3 is 1.82 bits per heavy atom. The van der Waals surface area contributed by atoms with Gasteiger partial charge >= 0.3 is 13.8 Å². The Kier molecular flexibility index (Phi) is 9.40. The van der Waals surface area contributed by atoms with E-state index >= 15 is 0 Å². The van der Waals surface area contributed by atoms with E-state index < -0.39 is 36.7 Å². The Labute approximate surface area is 199 Å². The van der Waals surface area contributed by atoms with Crippen molar-refractivity contribution in [2.24, 2.45) is 0 Å². The zero-order valence-electron chi connectivity index (χ0n) is 22.4. The first-order valence-electron chi connectivity index (χ1n) is 11.4. The van der Waals surface area contributed by atoms with Gasteiger partial charge in [0.25, 0.3) is 0 Å². The molecule has 33 heavy (non-hydrogen) atoms. The van der Waals surface area contributed by atoms with E-state index in [1.165, 1.54) is 6.07 Å². The number of aryl methyl sites for hydroxylation is 1. The number of aliphatic hydroxyl groups is 1. The summed E-state index contributed by atoms with van der Waals surface area (Å²) >= 11 is 0. The topological polar surface area (TPSA) is 91.3 Å². The van der Waals surface area contributed by atoms with Gasteiger partial charge in [0.15, 0.2) is 0 Å². The number of phosphoric ester groups is 1. The molecule has 0 aliphatic carbocycles. The molecular formula is C25H43O7P. The van der Waals surface area contributed by atoms with Crippen molar-refractivity contribution in [1.82, 2.24) is 0 Å². The average Bonchev–Trinajstić information content (AvgIpc) is 2.47. The SMILES string of the molecule is Cc1cc(C(=O)OC(C)(C)C)cc(OP(=O)(OC(C)(C)C)OC(C)(C)C)c1C(C)CC(C)O. The van der Waals surface area contributed by atoms with E-state index in [2.05, 4.69) is 0 Å². The highest BCUT2D eigenvalue weighted by Crippen LogP contribution is 2.56. The molecule has 2 unspecified atom stereocenters. The summed E-state index contributed by atoms with van der Waals surface area (Å²) in [6.45, 7) is 21.4. The van der Waals surface area contributed by atoms with Gasteiger partial charge < -0.3 is 14.4 Å². The first-order chi connectivity index (χ1) is 14.6. The molecule has 0 bridgehead atoms. The molecule has 1 N–H and O–H groups in total. The highest BCUT2D eigenvalue weighted by Gasteiger charge is 2.40. The maximum absolute atomic E-state index is 13.8. The Hall–Kier alpha value is -1.40. The van der Waals surface area contributed by atoms with Crippen molar-refractivity contribution < 1.29 is 32.8 Å². The van der Waals surface area contributed by atoms with Gasteiger partial charge in [0, 0.05) is 5.56 Å². The Morgan fingerprint density at radius 1 is 0.939 bits per heavy atom. The molecule has 0 spiro atoms. The molecular weight excluding hydrogens is 443 g/mol. The Morgan fingerprint density at radius 2 is 1.42 bits per heavy atom. The van der Waals surface area contributed by atoms with Crippen molar-refractivity contribution in [3.8, 4) is 5.75 Å². The van der Waals surface area contributed by atoms with E-state index in [1.54, 1.807) is 75.3 Å². The van der Waals surface area contributed by atoms with Crippen LogP contribution in [0.5, 0.6) is 5.75 Å². The van der Waals surface area contributed by atoms with Crippen LogP contribution in [0, 0.1) is 6.92 Å². The van der Waals surface area contributed by atoms with Gasteiger partial charge in [-0.1, -0.05) is 6.92 Å². The number of carbonyl (C=O) groups excluding carboxylic acids is 1. The lowest BCUT2D eigenvalue weighted by atomic mass is 9.90. The summed E-state index contributed by atoms with van der Waals surface area (Å²) in [5, 5.41) is 9.96. The van der Waals surface area contributed by atoms with Gasteiger partial charge in [0.1, 0.15) is 11.4 Å². The number of hydrogen-bond donors (Lipinski definition) is 1. The fraction of sp³-hybridized carbons (Fsp3) is 0.720. The number of carbonyl (C=O) groups is 1. The van der Waals surface area contributed by atoms with E-state index in [9.17, 15) is 14.5 Å². The van der Waals surface area contributed by atoms with Crippen molar-refractivity contribution in [2.45, 2.75) is 118 Å². The van der Waals surface area contributed by atoms with Gasteiger partial charge in [0.05, 0.1) is 22.9 Å². The minimum absolute atomic E-state index is 0.148. The van der Waals surface area contributed by atoms with Gasteiger partial charge in [-0.2, -0.15) is 0 Å². The second kappa shape index (κ2) is 10.5. The average molecular weight is 487 g/mol. The van der Waals surface area contributed by atoms with Gasteiger partial charge in [0.2, 0.25) is 0 Å². The maximum Gasteiger partial charge on any atom is 0.531 e. The summed E-state index contributed by atoms with van der Waals surface area (Å²) in [4.78, 5) is 12.8. The summed E-state index contributed by atoms with van der Waals surface area (Å²) in [5.74, 6) is -0.459. The molecule has 1 aromatic rings. The zero-order chi connectivity index (χ0) is 26.0. The van der Waals surface area contributed by atoms with Gasteiger partial charge in [-0.15, -0.1) is 0 Å². The fourth-order valence-corrected chi connectivity index (χ4v) is 5.25. The van der Waals surface area contributed by atoms with Crippen LogP contribution in [0.4, 0.5) is 0 Å². The molecule has 0 radical (unpaired) electrons. The fourth-order valence-electron chi connectivity index (χ4n) is 3.40. The second-order valence-corrected chi connectivity index (χ2v) is 13.1. The van der Waals surface area contributed by atoms with E-state index in [0.717, 1.165) is 11.1 Å². The lowest BCUT2D eigenvalue weighted by molar-refractivity contribution is 0.00649. The predicted octanol–water partition coefficient (Wildman–Crippen LogP) is 6.94. The summed E-state index contributed by atoms with van der Waals surface area (Å²) in [6.07, 6.45) is -0.102. The van der Waals surface area contributed by atoms with Gasteiger partial charge in [-0.25, -0.2) is 9.36 Å². The van der Waals surface area contributed by atoms with Crippen LogP contribution in [0.25, 0.3) is 0 Å². The van der Waals surface area contributed by atoms with Crippen LogP contribution in [0.1, 0.15) is 110 Å². The van der Waals surface area contributed by atoms with E-state index in [-0.39, 0.29) is 17.2 Å². The quantitative estimate of drug-likeness (QED) is 0.314. The van der Waals surface area contributed by atoms with Crippen molar-refractivity contribution >= 4 is 13.8 Å². The minimum Gasteiger partial charge on any atom is -0.456 e. The highest BCUT2D eigenvalue weighted by atomic mass is 31.2. The van der Waals surface area contributed by atoms with Crippen LogP contribution in [0.15, 0.2) is 12.1 Å². The molecule has 2 atom stereocenters. The lowest BCUT2D eigenvalue weighted by Gasteiger charge is -2.32. The molecule has 0 saturated carbocycles. The molecule has 0 aromatic heterocycles. The molecule has 1 rings (SSSR count). The number of esters is 1. The van der Waals surface area contributed by atoms with Crippen molar-refractivity contribution in [3.63, 3.8) is 0 Å². The molecule has 0 saturated heterocycles. The third-order valence-electron chi connectivity index (χ3n) is 4.15. The van der Waals surface area contributed by atoms with E-state index in [1.807, 2.05) is 13.8 Å². The Balaban J connectivity index is 3.65. The summed E-state index contributed by atoms with van der Waals surface area (Å²) in [6, 6.07) is 3.23. The van der Waals surface area contributed by atoms with Crippen LogP contribution < -0.4 is 4.52 Å². The van der Waals surface area contributed by atoms with Crippen LogP contribution in [0.2, 0.25) is 0 Å². The first-order valence-corrected chi connectivity index (χ1v) is 12.8. The van der Waals surface area contributed by atoms with E-state index in [0.29, 0.717) is 6.42 Å². The standard InChI is InChI=1S/C25H43O7P/c1-16(13-18(3)26)21-17(2)14-19(22(27)29-23(4,5)6)15-20(21)30-33(28,31-24(7,8)9)32-25(10,11)12/h14-16,18,26H,13H2,1-12H3. The monoisotopic (exact) mass is 486 g/mol. The number of phosphoric acid groups is 1. The summed E-state index contributed by atoms with van der Waals surface area (Å²) in [5.41, 5.74) is -0.570. The van der Waals surface area contributed by atoms with Crippen molar-refractivity contribution in [1.29, 1.82) is 0 Å². The number of hydrogen-bond acceptors (Lipinski definition) is 7. The van der Waals surface area contributed by atoms with Gasteiger partial charge in [-0.05, 0) is 106 Å². The van der Waals surface area contributed by atoms with Crippen LogP contribution in [0.3, 0.4) is 0 Å². The zero-order valence-corrected chi connectivity index (χ0v) is 23.3. The number of aliphatic hydroxyl groups excluding tert-OH is 1. The smallest absolute Gasteiger partial charge is 0.456 e. The summed E-state index contributed by atoms with van der Waals surface area (Å²) < 4.78 is 36.9. The molecule has 7 nitrogen and oxygen atoms in total. The largest absolute Gasteiger partial charge is 0.531 e. The van der Waals surface area contributed by atoms with Crippen LogP contribution in [-0.4, -0.2) is 34.0 Å². The maximum atomic E-state index is 13.8. The van der Waals surface area contributed by atoms with Crippen LogP contribution in [-0.2, 0) is 18.3 Å². The first kappa shape index (κ1) is 29.6. The third kappa shape index (κ3) is 10.6. The van der Waals surface area contributed by atoms with Gasteiger partial charge in [-0.3, -0.25) is 9.05 Å². The minimum atomic E-state index is -4.11. The number of ether oxygens (including phenoxy) is 1. The molecule has 190 valence electrons. The van der Waals surface area contributed by atoms with Crippen LogP contribution >= 0.6 is 7.82 Å². The predicted molar refractivity (Wildman–Crippen MR) is 131 cm³/mol. The number of rotatable bonds is 8. The Bertz CT molecular complexity index is 850. The van der Waals surface area contributed by atoms with Crippen molar-refractivity contribution in [3.05, 3.63) is 28.8 Å². The molecule has 0 amide bonds. The third-order valence-corrected chi connectivity index (χ3v) is 6.12. The molecule has 1 aromatic carbocycles. The van der Waals surface area contributed by atoms with Crippen molar-refractivity contribution in [2.75, 3.05) is 0 Å². The molecule has 0 aliphatic heterocycles. The lowest BCUT2D eigenvalue weighted by Crippen LogP contribution is -2.26. The summed E-state index contributed by atoms with van der Waals surface area (Å²) in [7, 11) is -4.11. The number of benzene rings is 1. The molecule has 8 heteroatoms. The molecule has 0 heterocycles. The normalized spacial score (nSPS) is 15.2. The highest BCUT2D eigenvalue weighted by molar-refractivity contribution is 7.49.